The van der Waals surface area contributed by atoms with Crippen LogP contribution < -0.4 is 10.1 Å². The van der Waals surface area contributed by atoms with Gasteiger partial charge in [0.15, 0.2) is 0 Å². The molecule has 2 rings (SSSR count). The minimum absolute atomic E-state index is 0.0172. The molecule has 1 aromatic rings. The molecule has 1 amide bonds. The third kappa shape index (κ3) is 4.67. The predicted octanol–water partition coefficient (Wildman–Crippen LogP) is 2.11. The minimum atomic E-state index is -2.91. The fourth-order valence-corrected chi connectivity index (χ4v) is 2.60. The second-order valence-corrected chi connectivity index (χ2v) is 5.23. The molecular formula is C15H19F2NO3. The van der Waals surface area contributed by atoms with Crippen LogP contribution in [-0.2, 0) is 11.2 Å². The molecule has 0 aromatic heterocycles. The van der Waals surface area contributed by atoms with Crippen molar-refractivity contribution in [2.45, 2.75) is 38.4 Å². The van der Waals surface area contributed by atoms with Crippen LogP contribution in [0.2, 0.25) is 0 Å². The summed E-state index contributed by atoms with van der Waals surface area (Å²) in [6.07, 6.45) is 2.25. The van der Waals surface area contributed by atoms with Crippen LogP contribution in [0, 0.1) is 5.92 Å². The second kappa shape index (κ2) is 7.36. The quantitative estimate of drug-likeness (QED) is 0.846. The lowest BCUT2D eigenvalue weighted by Crippen LogP contribution is -2.33. The summed E-state index contributed by atoms with van der Waals surface area (Å²) in [4.78, 5) is 11.9. The Bertz CT molecular complexity index is 482. The average Bonchev–Trinajstić information content (AvgIpc) is 2.84. The Hall–Kier alpha value is -1.69. The number of amides is 1. The van der Waals surface area contributed by atoms with Crippen molar-refractivity contribution in [1.82, 2.24) is 5.32 Å². The second-order valence-electron chi connectivity index (χ2n) is 5.23. The highest BCUT2D eigenvalue weighted by molar-refractivity contribution is 5.79. The first-order valence-corrected chi connectivity index (χ1v) is 7.03. The van der Waals surface area contributed by atoms with E-state index in [2.05, 4.69) is 10.1 Å². The van der Waals surface area contributed by atoms with Gasteiger partial charge in [-0.2, -0.15) is 8.78 Å². The van der Waals surface area contributed by atoms with E-state index in [0.29, 0.717) is 12.1 Å². The number of halogens is 2. The number of carbonyl (C=O) groups is 1. The average molecular weight is 299 g/mol. The number of aliphatic hydroxyl groups excluding tert-OH is 1. The van der Waals surface area contributed by atoms with Crippen molar-refractivity contribution in [3.63, 3.8) is 0 Å². The van der Waals surface area contributed by atoms with Gasteiger partial charge in [-0.15, -0.1) is 0 Å². The first-order chi connectivity index (χ1) is 10.1. The predicted molar refractivity (Wildman–Crippen MR) is 73.1 cm³/mol. The van der Waals surface area contributed by atoms with Gasteiger partial charge in [0.2, 0.25) is 5.91 Å². The van der Waals surface area contributed by atoms with E-state index in [-0.39, 0.29) is 30.1 Å². The van der Waals surface area contributed by atoms with Crippen molar-refractivity contribution in [1.29, 1.82) is 0 Å². The SMILES string of the molecule is O=C(Cc1ccccc1OC(F)F)NCC1CCCC1O. The lowest BCUT2D eigenvalue weighted by atomic mass is 10.1. The van der Waals surface area contributed by atoms with Crippen LogP contribution in [0.4, 0.5) is 8.78 Å². The Morgan fingerprint density at radius 3 is 2.81 bits per heavy atom. The van der Waals surface area contributed by atoms with Gasteiger partial charge in [0, 0.05) is 18.0 Å². The Labute approximate surface area is 122 Å². The highest BCUT2D eigenvalue weighted by Gasteiger charge is 2.25. The van der Waals surface area contributed by atoms with E-state index >= 15 is 0 Å². The summed E-state index contributed by atoms with van der Waals surface area (Å²) in [5.41, 5.74) is 0.419. The summed E-state index contributed by atoms with van der Waals surface area (Å²) in [6.45, 7) is -2.50. The van der Waals surface area contributed by atoms with Crippen molar-refractivity contribution < 1.29 is 23.4 Å². The molecule has 1 fully saturated rings. The topological polar surface area (TPSA) is 58.6 Å². The minimum Gasteiger partial charge on any atom is -0.435 e. The number of ether oxygens (including phenoxy) is 1. The third-order valence-corrected chi connectivity index (χ3v) is 3.72. The van der Waals surface area contributed by atoms with Gasteiger partial charge < -0.3 is 15.2 Å². The van der Waals surface area contributed by atoms with Gasteiger partial charge in [-0.1, -0.05) is 24.6 Å². The first kappa shape index (κ1) is 15.7. The van der Waals surface area contributed by atoms with E-state index in [4.69, 9.17) is 0 Å². The molecule has 21 heavy (non-hydrogen) atoms. The molecule has 0 bridgehead atoms. The molecule has 116 valence electrons. The number of hydrogen-bond acceptors (Lipinski definition) is 3. The summed E-state index contributed by atoms with van der Waals surface area (Å²) in [5.74, 6) is -0.163. The summed E-state index contributed by atoms with van der Waals surface area (Å²) in [5, 5.41) is 12.4. The summed E-state index contributed by atoms with van der Waals surface area (Å²) in [6, 6.07) is 6.24. The molecule has 0 aliphatic heterocycles. The number of alkyl halides is 2. The van der Waals surface area contributed by atoms with Crippen molar-refractivity contribution in [2.75, 3.05) is 6.54 Å². The fourth-order valence-electron chi connectivity index (χ4n) is 2.60. The number of rotatable bonds is 6. The van der Waals surface area contributed by atoms with Crippen molar-refractivity contribution in [2.24, 2.45) is 5.92 Å². The fraction of sp³-hybridized carbons (Fsp3) is 0.533. The molecule has 0 heterocycles. The molecular weight excluding hydrogens is 280 g/mol. The maximum Gasteiger partial charge on any atom is 0.387 e. The largest absolute Gasteiger partial charge is 0.435 e. The lowest BCUT2D eigenvalue weighted by molar-refractivity contribution is -0.120. The maximum atomic E-state index is 12.3. The number of nitrogens with one attached hydrogen (secondary N) is 1. The summed E-state index contributed by atoms with van der Waals surface area (Å²) >= 11 is 0. The number of carbonyl (C=O) groups excluding carboxylic acids is 1. The molecule has 1 aromatic carbocycles. The highest BCUT2D eigenvalue weighted by atomic mass is 19.3. The molecule has 6 heteroatoms. The molecule has 0 spiro atoms. The van der Waals surface area contributed by atoms with Gasteiger partial charge in [0.05, 0.1) is 12.5 Å². The Balaban J connectivity index is 1.87. The third-order valence-electron chi connectivity index (χ3n) is 3.72. The van der Waals surface area contributed by atoms with Gasteiger partial charge >= 0.3 is 6.61 Å². The molecule has 0 radical (unpaired) electrons. The summed E-state index contributed by atoms with van der Waals surface area (Å²) in [7, 11) is 0. The zero-order valence-corrected chi connectivity index (χ0v) is 11.6. The van der Waals surface area contributed by atoms with Gasteiger partial charge in [-0.25, -0.2) is 0 Å². The van der Waals surface area contributed by atoms with Crippen molar-refractivity contribution >= 4 is 5.91 Å². The van der Waals surface area contributed by atoms with Crippen LogP contribution in [0.5, 0.6) is 5.75 Å². The number of benzene rings is 1. The molecule has 0 saturated heterocycles. The molecule has 2 atom stereocenters. The Morgan fingerprint density at radius 1 is 1.38 bits per heavy atom. The molecule has 1 saturated carbocycles. The molecule has 1 aliphatic rings. The zero-order valence-electron chi connectivity index (χ0n) is 11.6. The van der Waals surface area contributed by atoms with E-state index in [1.54, 1.807) is 18.2 Å². The lowest BCUT2D eigenvalue weighted by Gasteiger charge is -2.15. The van der Waals surface area contributed by atoms with Crippen LogP contribution in [0.3, 0.4) is 0 Å². The van der Waals surface area contributed by atoms with E-state index in [9.17, 15) is 18.7 Å². The van der Waals surface area contributed by atoms with E-state index in [1.807, 2.05) is 0 Å². The van der Waals surface area contributed by atoms with Crippen molar-refractivity contribution in [3.05, 3.63) is 29.8 Å². The van der Waals surface area contributed by atoms with E-state index in [0.717, 1.165) is 19.3 Å². The zero-order chi connectivity index (χ0) is 15.2. The normalized spacial score (nSPS) is 21.5. The van der Waals surface area contributed by atoms with Crippen LogP contribution in [-0.4, -0.2) is 30.3 Å². The van der Waals surface area contributed by atoms with Crippen LogP contribution >= 0.6 is 0 Å². The number of aliphatic hydroxyl groups is 1. The molecule has 2 N–H and O–H groups in total. The van der Waals surface area contributed by atoms with E-state index < -0.39 is 6.61 Å². The van der Waals surface area contributed by atoms with E-state index in [1.165, 1.54) is 6.07 Å². The highest BCUT2D eigenvalue weighted by Crippen LogP contribution is 2.25. The monoisotopic (exact) mass is 299 g/mol. The van der Waals surface area contributed by atoms with Gasteiger partial charge in [-0.3, -0.25) is 4.79 Å². The van der Waals surface area contributed by atoms with Crippen LogP contribution in [0.15, 0.2) is 24.3 Å². The van der Waals surface area contributed by atoms with Gasteiger partial charge in [-0.05, 0) is 18.9 Å². The van der Waals surface area contributed by atoms with Crippen LogP contribution in [0.1, 0.15) is 24.8 Å². The standard InChI is InChI=1S/C15H19F2NO3/c16-15(17)21-13-7-2-1-4-10(13)8-14(20)18-9-11-5-3-6-12(11)19/h1-2,4,7,11-12,15,19H,3,5-6,8-9H2,(H,18,20). The Kier molecular flexibility index (Phi) is 5.50. The molecule has 2 unspecified atom stereocenters. The molecule has 4 nitrogen and oxygen atoms in total. The first-order valence-electron chi connectivity index (χ1n) is 7.03. The number of para-hydroxylation sites is 1. The van der Waals surface area contributed by atoms with Gasteiger partial charge in [0.25, 0.3) is 0 Å². The Morgan fingerprint density at radius 2 is 2.14 bits per heavy atom. The maximum absolute atomic E-state index is 12.3. The number of hydrogen-bond donors (Lipinski definition) is 2. The van der Waals surface area contributed by atoms with Gasteiger partial charge in [0.1, 0.15) is 5.75 Å². The van der Waals surface area contributed by atoms with Crippen LogP contribution in [0.25, 0.3) is 0 Å². The smallest absolute Gasteiger partial charge is 0.387 e. The van der Waals surface area contributed by atoms with Crippen molar-refractivity contribution in [3.8, 4) is 5.75 Å². The summed E-state index contributed by atoms with van der Waals surface area (Å²) < 4.78 is 29.0. The molecule has 1 aliphatic carbocycles.